The fraction of sp³-hybridized carbons (Fsp3) is 0.688. The van der Waals surface area contributed by atoms with E-state index in [0.717, 1.165) is 6.54 Å². The quantitative estimate of drug-likeness (QED) is 0.756. The second kappa shape index (κ2) is 6.27. The summed E-state index contributed by atoms with van der Waals surface area (Å²) in [5, 5.41) is 1.22. The summed E-state index contributed by atoms with van der Waals surface area (Å²) in [6.07, 6.45) is 5.88. The highest BCUT2D eigenvalue weighted by atomic mass is 32.2. The molecule has 0 amide bonds. The van der Waals surface area contributed by atoms with Gasteiger partial charge in [0, 0.05) is 22.5 Å². The Labute approximate surface area is 122 Å². The molecule has 1 aromatic heterocycles. The number of nitrogens with zero attached hydrogens (tertiary/aromatic N) is 2. The van der Waals surface area contributed by atoms with Crippen molar-refractivity contribution in [1.29, 1.82) is 0 Å². The van der Waals surface area contributed by atoms with Crippen molar-refractivity contribution in [2.45, 2.75) is 62.8 Å². The minimum atomic E-state index is 0.217. The number of piperidine rings is 1. The van der Waals surface area contributed by atoms with Gasteiger partial charge in [-0.05, 0) is 32.0 Å². The predicted octanol–water partition coefficient (Wildman–Crippen LogP) is 4.52. The summed E-state index contributed by atoms with van der Waals surface area (Å²) in [4.78, 5) is 7.25. The topological polar surface area (TPSA) is 16.1 Å². The van der Waals surface area contributed by atoms with Crippen LogP contribution in [0, 0.1) is 0 Å². The molecule has 1 aliphatic heterocycles. The SMILES string of the molecule is CCN1CCCC[C@H]1c1cccnc1SC(C)(C)C. The first-order valence-corrected chi connectivity index (χ1v) is 8.21. The van der Waals surface area contributed by atoms with E-state index in [1.165, 1.54) is 36.4 Å². The first-order chi connectivity index (χ1) is 9.01. The van der Waals surface area contributed by atoms with Gasteiger partial charge in [0.15, 0.2) is 0 Å². The molecule has 2 heterocycles. The molecule has 19 heavy (non-hydrogen) atoms. The minimum Gasteiger partial charge on any atom is -0.297 e. The van der Waals surface area contributed by atoms with Gasteiger partial charge < -0.3 is 0 Å². The maximum Gasteiger partial charge on any atom is 0.101 e. The number of likely N-dealkylation sites (tertiary alicyclic amines) is 1. The summed E-state index contributed by atoms with van der Waals surface area (Å²) in [6.45, 7) is 11.4. The zero-order valence-electron chi connectivity index (χ0n) is 12.6. The third kappa shape index (κ3) is 3.96. The molecule has 0 N–H and O–H groups in total. The van der Waals surface area contributed by atoms with Gasteiger partial charge in [-0.15, -0.1) is 11.8 Å². The lowest BCUT2D eigenvalue weighted by molar-refractivity contribution is 0.154. The molecule has 106 valence electrons. The van der Waals surface area contributed by atoms with E-state index in [1.807, 2.05) is 18.0 Å². The third-order valence-corrected chi connectivity index (χ3v) is 4.73. The summed E-state index contributed by atoms with van der Waals surface area (Å²) in [5.74, 6) is 0. The summed E-state index contributed by atoms with van der Waals surface area (Å²) >= 11 is 1.90. The van der Waals surface area contributed by atoms with E-state index < -0.39 is 0 Å². The number of hydrogen-bond donors (Lipinski definition) is 0. The van der Waals surface area contributed by atoms with Crippen molar-refractivity contribution in [2.24, 2.45) is 0 Å². The van der Waals surface area contributed by atoms with Crippen molar-refractivity contribution in [2.75, 3.05) is 13.1 Å². The minimum absolute atomic E-state index is 0.217. The fourth-order valence-electron chi connectivity index (χ4n) is 2.75. The second-order valence-corrected chi connectivity index (χ2v) is 8.07. The molecule has 1 saturated heterocycles. The number of aromatic nitrogens is 1. The molecular weight excluding hydrogens is 252 g/mol. The van der Waals surface area contributed by atoms with Crippen LogP contribution in [-0.4, -0.2) is 27.7 Å². The fourth-order valence-corrected chi connectivity index (χ4v) is 3.77. The van der Waals surface area contributed by atoms with Gasteiger partial charge in [-0.2, -0.15) is 0 Å². The molecule has 3 heteroatoms. The normalized spacial score (nSPS) is 21.6. The van der Waals surface area contributed by atoms with Crippen LogP contribution in [0.3, 0.4) is 0 Å². The lowest BCUT2D eigenvalue weighted by Gasteiger charge is -2.36. The van der Waals surface area contributed by atoms with Gasteiger partial charge in [0.2, 0.25) is 0 Å². The molecule has 0 bridgehead atoms. The van der Waals surface area contributed by atoms with Crippen LogP contribution in [0.5, 0.6) is 0 Å². The molecule has 1 aliphatic rings. The van der Waals surface area contributed by atoms with E-state index in [9.17, 15) is 0 Å². The Morgan fingerprint density at radius 3 is 2.84 bits per heavy atom. The highest BCUT2D eigenvalue weighted by Crippen LogP contribution is 2.39. The molecular formula is C16H26N2S. The number of hydrogen-bond acceptors (Lipinski definition) is 3. The molecule has 1 atom stereocenters. The van der Waals surface area contributed by atoms with Crippen molar-refractivity contribution in [3.63, 3.8) is 0 Å². The van der Waals surface area contributed by atoms with E-state index in [-0.39, 0.29) is 4.75 Å². The lowest BCUT2D eigenvalue weighted by Crippen LogP contribution is -2.33. The van der Waals surface area contributed by atoms with E-state index in [4.69, 9.17) is 0 Å². The van der Waals surface area contributed by atoms with Crippen LogP contribution in [0.1, 0.15) is 58.6 Å². The van der Waals surface area contributed by atoms with Crippen molar-refractivity contribution in [3.8, 4) is 0 Å². The van der Waals surface area contributed by atoms with Gasteiger partial charge in [0.25, 0.3) is 0 Å². The Morgan fingerprint density at radius 2 is 2.16 bits per heavy atom. The van der Waals surface area contributed by atoms with Crippen LogP contribution in [0.25, 0.3) is 0 Å². The van der Waals surface area contributed by atoms with Crippen LogP contribution < -0.4 is 0 Å². The van der Waals surface area contributed by atoms with Crippen molar-refractivity contribution in [3.05, 3.63) is 23.9 Å². The number of rotatable bonds is 3. The van der Waals surface area contributed by atoms with Crippen LogP contribution in [0.4, 0.5) is 0 Å². The lowest BCUT2D eigenvalue weighted by atomic mass is 9.96. The second-order valence-electron chi connectivity index (χ2n) is 6.25. The van der Waals surface area contributed by atoms with Gasteiger partial charge in [-0.25, -0.2) is 4.98 Å². The maximum absolute atomic E-state index is 4.64. The van der Waals surface area contributed by atoms with Gasteiger partial charge in [0.05, 0.1) is 0 Å². The van der Waals surface area contributed by atoms with Crippen LogP contribution in [-0.2, 0) is 0 Å². The Bertz CT molecular complexity index is 411. The largest absolute Gasteiger partial charge is 0.297 e. The third-order valence-electron chi connectivity index (χ3n) is 3.58. The van der Waals surface area contributed by atoms with Crippen LogP contribution in [0.2, 0.25) is 0 Å². The Morgan fingerprint density at radius 1 is 1.37 bits per heavy atom. The van der Waals surface area contributed by atoms with E-state index >= 15 is 0 Å². The molecule has 0 radical (unpaired) electrons. The summed E-state index contributed by atoms with van der Waals surface area (Å²) in [7, 11) is 0. The van der Waals surface area contributed by atoms with E-state index in [2.05, 4.69) is 49.7 Å². The van der Waals surface area contributed by atoms with Gasteiger partial charge in [-0.1, -0.05) is 40.2 Å². The monoisotopic (exact) mass is 278 g/mol. The van der Waals surface area contributed by atoms with Gasteiger partial charge in [-0.3, -0.25) is 4.90 Å². The first kappa shape index (κ1) is 14.9. The Kier molecular flexibility index (Phi) is 4.91. The standard InChI is InChI=1S/C16H26N2S/c1-5-18-12-7-6-10-14(18)13-9-8-11-17-15(13)19-16(2,3)4/h8-9,11,14H,5-7,10,12H2,1-4H3/t14-/m0/s1. The van der Waals surface area contributed by atoms with Crippen LogP contribution in [0.15, 0.2) is 23.4 Å². The van der Waals surface area contributed by atoms with Crippen molar-refractivity contribution in [1.82, 2.24) is 9.88 Å². The molecule has 0 aliphatic carbocycles. The van der Waals surface area contributed by atoms with E-state index in [0.29, 0.717) is 6.04 Å². The first-order valence-electron chi connectivity index (χ1n) is 7.39. The molecule has 2 nitrogen and oxygen atoms in total. The molecule has 2 rings (SSSR count). The molecule has 0 aromatic carbocycles. The Balaban J connectivity index is 2.27. The maximum atomic E-state index is 4.64. The smallest absolute Gasteiger partial charge is 0.101 e. The average molecular weight is 278 g/mol. The molecule has 0 saturated carbocycles. The predicted molar refractivity (Wildman–Crippen MR) is 83.7 cm³/mol. The molecule has 1 fully saturated rings. The zero-order valence-corrected chi connectivity index (χ0v) is 13.5. The molecule has 1 aromatic rings. The van der Waals surface area contributed by atoms with Gasteiger partial charge >= 0.3 is 0 Å². The highest BCUT2D eigenvalue weighted by molar-refractivity contribution is 8.00. The molecule has 0 unspecified atom stereocenters. The van der Waals surface area contributed by atoms with Gasteiger partial charge in [0.1, 0.15) is 5.03 Å². The average Bonchev–Trinajstić information content (AvgIpc) is 2.37. The van der Waals surface area contributed by atoms with Crippen LogP contribution >= 0.6 is 11.8 Å². The van der Waals surface area contributed by atoms with E-state index in [1.54, 1.807) is 0 Å². The zero-order chi connectivity index (χ0) is 13.9. The van der Waals surface area contributed by atoms with Crippen molar-refractivity contribution >= 4 is 11.8 Å². The summed E-state index contributed by atoms with van der Waals surface area (Å²) < 4.78 is 0.217. The Hall–Kier alpha value is -0.540. The number of pyridine rings is 1. The van der Waals surface area contributed by atoms with Crippen molar-refractivity contribution < 1.29 is 0 Å². The number of thioether (sulfide) groups is 1. The highest BCUT2D eigenvalue weighted by Gasteiger charge is 2.26. The summed E-state index contributed by atoms with van der Waals surface area (Å²) in [5.41, 5.74) is 1.43. The summed E-state index contributed by atoms with van der Waals surface area (Å²) in [6, 6.07) is 4.93. The molecule has 0 spiro atoms.